The third-order valence-electron chi connectivity index (χ3n) is 3.71. The van der Waals surface area contributed by atoms with E-state index < -0.39 is 5.91 Å². The number of nitrogens with zero attached hydrogens (tertiary/aromatic N) is 2. The number of carbonyl (C=O) groups excluding carboxylic acids is 1. The molecular formula is C20H20N4O4. The lowest BCUT2D eigenvalue weighted by molar-refractivity contribution is 0.0944. The molecule has 0 atom stereocenters. The number of ether oxygens (including phenoxy) is 2. The fourth-order valence-corrected chi connectivity index (χ4v) is 2.32. The summed E-state index contributed by atoms with van der Waals surface area (Å²) >= 11 is 0. The highest BCUT2D eigenvalue weighted by Crippen LogP contribution is 2.25. The Morgan fingerprint density at radius 1 is 1.11 bits per heavy atom. The van der Waals surface area contributed by atoms with E-state index in [2.05, 4.69) is 20.5 Å². The number of benzene rings is 1. The van der Waals surface area contributed by atoms with Crippen LogP contribution in [-0.4, -0.2) is 27.7 Å². The van der Waals surface area contributed by atoms with Gasteiger partial charge in [0.2, 0.25) is 5.88 Å². The molecule has 3 aromatic rings. The van der Waals surface area contributed by atoms with Crippen LogP contribution in [0.4, 0.5) is 0 Å². The average Bonchev–Trinajstić information content (AvgIpc) is 2.73. The number of aromatic nitrogens is 3. The largest absolute Gasteiger partial charge is 0.494 e. The first-order chi connectivity index (χ1) is 13.7. The molecule has 8 heteroatoms. The molecule has 0 saturated heterocycles. The number of nitrogens with one attached hydrogen (secondary N) is 2. The molecule has 1 amide bonds. The number of aromatic amines is 1. The van der Waals surface area contributed by atoms with Gasteiger partial charge in [0, 0.05) is 24.4 Å². The molecule has 1 aromatic carbocycles. The van der Waals surface area contributed by atoms with E-state index in [1.807, 2.05) is 25.1 Å². The van der Waals surface area contributed by atoms with Crippen LogP contribution in [0.5, 0.6) is 17.4 Å². The second-order valence-electron chi connectivity index (χ2n) is 5.88. The van der Waals surface area contributed by atoms with Gasteiger partial charge in [0.05, 0.1) is 6.61 Å². The molecule has 144 valence electrons. The molecule has 2 N–H and O–H groups in total. The van der Waals surface area contributed by atoms with Gasteiger partial charge in [-0.15, -0.1) is 0 Å². The van der Waals surface area contributed by atoms with E-state index in [4.69, 9.17) is 9.47 Å². The van der Waals surface area contributed by atoms with Gasteiger partial charge in [-0.3, -0.25) is 9.59 Å². The molecule has 0 aliphatic heterocycles. The minimum atomic E-state index is -0.413. The molecule has 2 aromatic heterocycles. The summed E-state index contributed by atoms with van der Waals surface area (Å²) in [5, 5.41) is 8.66. The number of rotatable bonds is 8. The zero-order chi connectivity index (χ0) is 19.8. The Morgan fingerprint density at radius 2 is 1.89 bits per heavy atom. The Labute approximate surface area is 161 Å². The Balaban J connectivity index is 1.65. The minimum Gasteiger partial charge on any atom is -0.494 e. The molecule has 0 radical (unpaired) electrons. The highest BCUT2D eigenvalue weighted by Gasteiger charge is 2.11. The quantitative estimate of drug-likeness (QED) is 0.622. The number of H-pyrrole nitrogens is 1. The van der Waals surface area contributed by atoms with Crippen molar-refractivity contribution >= 4 is 5.91 Å². The summed E-state index contributed by atoms with van der Waals surface area (Å²) in [5.41, 5.74) is 0.450. The van der Waals surface area contributed by atoms with Crippen molar-refractivity contribution in [3.8, 4) is 17.4 Å². The molecule has 8 nitrogen and oxygen atoms in total. The predicted molar refractivity (Wildman–Crippen MR) is 103 cm³/mol. The number of pyridine rings is 1. The van der Waals surface area contributed by atoms with Crippen LogP contribution in [0.15, 0.2) is 59.5 Å². The zero-order valence-electron chi connectivity index (χ0n) is 15.3. The number of amides is 1. The SMILES string of the molecule is CCCOc1ccc(Oc2ncccc2CNC(=O)c2ccc(=O)[nH]n2)cc1. The Hall–Kier alpha value is -3.68. The molecule has 28 heavy (non-hydrogen) atoms. The number of hydrogen-bond donors (Lipinski definition) is 2. The molecular weight excluding hydrogens is 360 g/mol. The summed E-state index contributed by atoms with van der Waals surface area (Å²) in [6.07, 6.45) is 2.55. The van der Waals surface area contributed by atoms with Crippen LogP contribution >= 0.6 is 0 Å². The van der Waals surface area contributed by atoms with E-state index in [1.165, 1.54) is 12.1 Å². The molecule has 0 saturated carbocycles. The standard InChI is InChI=1S/C20H20N4O4/c1-2-12-27-15-5-7-16(8-6-15)28-20-14(4-3-11-21-20)13-22-19(26)17-9-10-18(25)24-23-17/h3-11H,2,12-13H2,1H3,(H,22,26)(H,24,25). The Kier molecular flexibility index (Phi) is 6.35. The van der Waals surface area contributed by atoms with E-state index in [-0.39, 0.29) is 17.8 Å². The second-order valence-corrected chi connectivity index (χ2v) is 5.88. The van der Waals surface area contributed by atoms with E-state index in [0.29, 0.717) is 23.8 Å². The lowest BCUT2D eigenvalue weighted by atomic mass is 10.2. The minimum absolute atomic E-state index is 0.119. The van der Waals surface area contributed by atoms with Crippen molar-refractivity contribution < 1.29 is 14.3 Å². The van der Waals surface area contributed by atoms with Gasteiger partial charge in [-0.2, -0.15) is 5.10 Å². The van der Waals surface area contributed by atoms with Gasteiger partial charge in [-0.1, -0.05) is 13.0 Å². The van der Waals surface area contributed by atoms with Crippen LogP contribution in [0, 0.1) is 0 Å². The lowest BCUT2D eigenvalue weighted by Crippen LogP contribution is -2.25. The van der Waals surface area contributed by atoms with Crippen molar-refractivity contribution in [3.63, 3.8) is 0 Å². The molecule has 0 aliphatic carbocycles. The van der Waals surface area contributed by atoms with Crippen molar-refractivity contribution in [1.82, 2.24) is 20.5 Å². The maximum atomic E-state index is 12.2. The van der Waals surface area contributed by atoms with Gasteiger partial charge in [-0.05, 0) is 42.8 Å². The topological polar surface area (TPSA) is 106 Å². The van der Waals surface area contributed by atoms with Gasteiger partial charge in [0.15, 0.2) is 0 Å². The Bertz CT molecular complexity index is 966. The van der Waals surface area contributed by atoms with Gasteiger partial charge >= 0.3 is 0 Å². The third-order valence-corrected chi connectivity index (χ3v) is 3.71. The first kappa shape index (κ1) is 19.1. The zero-order valence-corrected chi connectivity index (χ0v) is 15.3. The van der Waals surface area contributed by atoms with Gasteiger partial charge in [0.1, 0.15) is 17.2 Å². The predicted octanol–water partition coefficient (Wildman–Crippen LogP) is 2.68. The molecule has 0 fully saturated rings. The van der Waals surface area contributed by atoms with Crippen molar-refractivity contribution in [2.24, 2.45) is 0 Å². The normalized spacial score (nSPS) is 10.3. The first-order valence-electron chi connectivity index (χ1n) is 8.84. The summed E-state index contributed by atoms with van der Waals surface area (Å²) in [4.78, 5) is 27.4. The van der Waals surface area contributed by atoms with Crippen LogP contribution in [-0.2, 0) is 6.54 Å². The number of hydrogen-bond acceptors (Lipinski definition) is 6. The van der Waals surface area contributed by atoms with Crippen molar-refractivity contribution in [1.29, 1.82) is 0 Å². The molecule has 0 bridgehead atoms. The van der Waals surface area contributed by atoms with E-state index in [9.17, 15) is 9.59 Å². The third kappa shape index (κ3) is 5.16. The lowest BCUT2D eigenvalue weighted by Gasteiger charge is -2.11. The summed E-state index contributed by atoms with van der Waals surface area (Å²) in [7, 11) is 0. The molecule has 0 unspecified atom stereocenters. The fraction of sp³-hybridized carbons (Fsp3) is 0.200. The molecule has 2 heterocycles. The van der Waals surface area contributed by atoms with E-state index in [1.54, 1.807) is 24.4 Å². The van der Waals surface area contributed by atoms with Crippen LogP contribution < -0.4 is 20.3 Å². The Morgan fingerprint density at radius 3 is 2.61 bits per heavy atom. The van der Waals surface area contributed by atoms with Gasteiger partial charge in [0.25, 0.3) is 11.5 Å². The molecule has 3 rings (SSSR count). The summed E-state index contributed by atoms with van der Waals surface area (Å²) in [6.45, 7) is 2.90. The highest BCUT2D eigenvalue weighted by atomic mass is 16.5. The first-order valence-corrected chi connectivity index (χ1v) is 8.84. The monoisotopic (exact) mass is 380 g/mol. The maximum Gasteiger partial charge on any atom is 0.271 e. The fourth-order valence-electron chi connectivity index (χ4n) is 2.32. The van der Waals surface area contributed by atoms with Crippen molar-refractivity contribution in [3.05, 3.63) is 76.3 Å². The summed E-state index contributed by atoms with van der Waals surface area (Å²) < 4.78 is 11.4. The van der Waals surface area contributed by atoms with Crippen LogP contribution in [0.3, 0.4) is 0 Å². The second kappa shape index (κ2) is 9.31. The van der Waals surface area contributed by atoms with Crippen LogP contribution in [0.1, 0.15) is 29.4 Å². The van der Waals surface area contributed by atoms with Crippen LogP contribution in [0.25, 0.3) is 0 Å². The summed E-state index contributed by atoms with van der Waals surface area (Å²) in [5.74, 6) is 1.36. The summed E-state index contributed by atoms with van der Waals surface area (Å²) in [6, 6.07) is 13.4. The number of carbonyl (C=O) groups is 1. The molecule has 0 aliphatic rings. The highest BCUT2D eigenvalue weighted by molar-refractivity contribution is 5.91. The van der Waals surface area contributed by atoms with Crippen molar-refractivity contribution in [2.75, 3.05) is 6.61 Å². The smallest absolute Gasteiger partial charge is 0.271 e. The van der Waals surface area contributed by atoms with Crippen LogP contribution in [0.2, 0.25) is 0 Å². The van der Waals surface area contributed by atoms with E-state index in [0.717, 1.165) is 12.2 Å². The average molecular weight is 380 g/mol. The maximum absolute atomic E-state index is 12.2. The van der Waals surface area contributed by atoms with E-state index >= 15 is 0 Å². The van der Waals surface area contributed by atoms with Gasteiger partial charge < -0.3 is 14.8 Å². The van der Waals surface area contributed by atoms with Crippen molar-refractivity contribution in [2.45, 2.75) is 19.9 Å². The molecule has 0 spiro atoms. The van der Waals surface area contributed by atoms with Gasteiger partial charge in [-0.25, -0.2) is 10.1 Å².